The molecule has 0 aliphatic carbocycles. The van der Waals surface area contributed by atoms with Crippen LogP contribution in [0.5, 0.6) is 0 Å². The second-order valence-corrected chi connectivity index (χ2v) is 5.49. The highest BCUT2D eigenvalue weighted by Gasteiger charge is 2.15. The first-order valence-corrected chi connectivity index (χ1v) is 6.86. The summed E-state index contributed by atoms with van der Waals surface area (Å²) in [6, 6.07) is 12.8. The van der Waals surface area contributed by atoms with Crippen molar-refractivity contribution in [1.29, 1.82) is 0 Å². The summed E-state index contributed by atoms with van der Waals surface area (Å²) in [6.45, 7) is 1.94. The number of halogens is 2. The molecule has 2 rings (SSSR count). The van der Waals surface area contributed by atoms with Gasteiger partial charge in [0.05, 0.1) is 6.04 Å². The van der Waals surface area contributed by atoms with Crippen molar-refractivity contribution in [3.8, 4) is 0 Å². The number of hydrogen-bond acceptors (Lipinski definition) is 2. The molecule has 2 nitrogen and oxygen atoms in total. The quantitative estimate of drug-likeness (QED) is 0.666. The van der Waals surface area contributed by atoms with E-state index >= 15 is 0 Å². The van der Waals surface area contributed by atoms with Gasteiger partial charge in [-0.2, -0.15) is 0 Å². The Morgan fingerprint density at radius 1 is 1.21 bits per heavy atom. The van der Waals surface area contributed by atoms with Crippen LogP contribution in [0.2, 0.25) is 0 Å². The first-order chi connectivity index (χ1) is 9.10. The zero-order valence-electron chi connectivity index (χ0n) is 10.7. The number of hydrogen-bond donors (Lipinski definition) is 2. The van der Waals surface area contributed by atoms with Gasteiger partial charge in [0.25, 0.3) is 0 Å². The van der Waals surface area contributed by atoms with E-state index in [4.69, 9.17) is 5.84 Å². The van der Waals surface area contributed by atoms with Crippen LogP contribution in [0.3, 0.4) is 0 Å². The summed E-state index contributed by atoms with van der Waals surface area (Å²) in [7, 11) is 0. The highest BCUT2D eigenvalue weighted by molar-refractivity contribution is 9.10. The average Bonchev–Trinajstić information content (AvgIpc) is 2.41. The Kier molecular flexibility index (Phi) is 4.69. The van der Waals surface area contributed by atoms with Crippen LogP contribution in [-0.4, -0.2) is 0 Å². The molecule has 0 bridgehead atoms. The highest BCUT2D eigenvalue weighted by Crippen LogP contribution is 2.22. The molecule has 0 saturated heterocycles. The van der Waals surface area contributed by atoms with Crippen molar-refractivity contribution in [3.63, 3.8) is 0 Å². The van der Waals surface area contributed by atoms with E-state index in [1.807, 2.05) is 37.3 Å². The number of rotatable bonds is 4. The van der Waals surface area contributed by atoms with Gasteiger partial charge in [-0.3, -0.25) is 11.3 Å². The minimum atomic E-state index is -0.235. The molecule has 0 radical (unpaired) electrons. The van der Waals surface area contributed by atoms with Crippen LogP contribution in [0, 0.1) is 12.7 Å². The first kappa shape index (κ1) is 14.2. The van der Waals surface area contributed by atoms with Crippen LogP contribution in [0.25, 0.3) is 0 Å². The summed E-state index contributed by atoms with van der Waals surface area (Å²) in [4.78, 5) is 0. The van der Waals surface area contributed by atoms with Gasteiger partial charge in [0.2, 0.25) is 0 Å². The normalized spacial score (nSPS) is 12.4. The van der Waals surface area contributed by atoms with Crippen LogP contribution >= 0.6 is 15.9 Å². The molecule has 0 spiro atoms. The maximum absolute atomic E-state index is 13.9. The van der Waals surface area contributed by atoms with Crippen molar-refractivity contribution in [3.05, 3.63) is 69.4 Å². The van der Waals surface area contributed by atoms with Crippen LogP contribution in [-0.2, 0) is 6.42 Å². The van der Waals surface area contributed by atoms with Crippen LogP contribution < -0.4 is 11.3 Å². The van der Waals surface area contributed by atoms with Gasteiger partial charge in [0, 0.05) is 10.0 Å². The van der Waals surface area contributed by atoms with Gasteiger partial charge >= 0.3 is 0 Å². The van der Waals surface area contributed by atoms with Gasteiger partial charge in [-0.25, -0.2) is 4.39 Å². The van der Waals surface area contributed by atoms with Crippen molar-refractivity contribution >= 4 is 15.9 Å². The number of aryl methyl sites for hydroxylation is 1. The smallest absolute Gasteiger partial charge is 0.128 e. The van der Waals surface area contributed by atoms with E-state index in [2.05, 4.69) is 21.4 Å². The summed E-state index contributed by atoms with van der Waals surface area (Å²) in [5.74, 6) is 5.34. The molecule has 1 unspecified atom stereocenters. The number of nitrogens with one attached hydrogen (secondary N) is 1. The summed E-state index contributed by atoms with van der Waals surface area (Å²) in [6.07, 6.45) is 0.643. The van der Waals surface area contributed by atoms with Crippen molar-refractivity contribution in [2.24, 2.45) is 5.84 Å². The lowest BCUT2D eigenvalue weighted by Crippen LogP contribution is -2.30. The maximum Gasteiger partial charge on any atom is 0.128 e. The molecule has 3 N–H and O–H groups in total. The number of benzene rings is 2. The molecule has 0 fully saturated rings. The first-order valence-electron chi connectivity index (χ1n) is 6.07. The predicted octanol–water partition coefficient (Wildman–Crippen LogP) is 3.64. The Morgan fingerprint density at radius 2 is 1.89 bits per heavy atom. The van der Waals surface area contributed by atoms with Gasteiger partial charge in [0.1, 0.15) is 5.82 Å². The minimum absolute atomic E-state index is 0.231. The molecule has 0 aliphatic heterocycles. The average molecular weight is 323 g/mol. The fourth-order valence-corrected chi connectivity index (χ4v) is 2.31. The molecule has 19 heavy (non-hydrogen) atoms. The number of hydrazine groups is 1. The predicted molar refractivity (Wildman–Crippen MR) is 79.0 cm³/mol. The molecule has 0 saturated carbocycles. The fourth-order valence-electron chi connectivity index (χ4n) is 2.05. The van der Waals surface area contributed by atoms with Crippen molar-refractivity contribution in [2.75, 3.05) is 0 Å². The van der Waals surface area contributed by atoms with Gasteiger partial charge in [0.15, 0.2) is 0 Å². The van der Waals surface area contributed by atoms with E-state index in [-0.39, 0.29) is 11.9 Å². The third kappa shape index (κ3) is 3.62. The Bertz CT molecular complexity index is 555. The molecule has 2 aromatic rings. The van der Waals surface area contributed by atoms with E-state index in [0.29, 0.717) is 12.0 Å². The lowest BCUT2D eigenvalue weighted by atomic mass is 9.97. The summed E-state index contributed by atoms with van der Waals surface area (Å²) in [5, 5.41) is 0. The lowest BCUT2D eigenvalue weighted by Gasteiger charge is -2.18. The molecule has 100 valence electrons. The van der Waals surface area contributed by atoms with E-state index in [0.717, 1.165) is 15.6 Å². The molecule has 0 amide bonds. The summed E-state index contributed by atoms with van der Waals surface area (Å²) >= 11 is 3.39. The van der Waals surface area contributed by atoms with Crippen molar-refractivity contribution in [2.45, 2.75) is 19.4 Å². The Morgan fingerprint density at radius 3 is 2.53 bits per heavy atom. The zero-order valence-corrected chi connectivity index (χ0v) is 12.2. The van der Waals surface area contributed by atoms with Gasteiger partial charge in [-0.05, 0) is 37.1 Å². The third-order valence-corrected chi connectivity index (χ3v) is 3.61. The van der Waals surface area contributed by atoms with Crippen LogP contribution in [0.4, 0.5) is 4.39 Å². The lowest BCUT2D eigenvalue weighted by molar-refractivity contribution is 0.510. The molecule has 0 aliphatic rings. The van der Waals surface area contributed by atoms with Crippen LogP contribution in [0.1, 0.15) is 22.7 Å². The largest absolute Gasteiger partial charge is 0.271 e. The molecule has 0 aromatic heterocycles. The van der Waals surface area contributed by atoms with E-state index in [1.54, 1.807) is 6.07 Å². The molecular weight excluding hydrogens is 307 g/mol. The topological polar surface area (TPSA) is 38.0 Å². The van der Waals surface area contributed by atoms with Gasteiger partial charge in [-0.15, -0.1) is 0 Å². The van der Waals surface area contributed by atoms with E-state index in [1.165, 1.54) is 6.07 Å². The second kappa shape index (κ2) is 6.28. The second-order valence-electron chi connectivity index (χ2n) is 4.57. The van der Waals surface area contributed by atoms with Crippen LogP contribution in [0.15, 0.2) is 46.9 Å². The molecule has 4 heteroatoms. The van der Waals surface area contributed by atoms with Crippen molar-refractivity contribution in [1.82, 2.24) is 5.43 Å². The van der Waals surface area contributed by atoms with E-state index in [9.17, 15) is 4.39 Å². The minimum Gasteiger partial charge on any atom is -0.271 e. The molecule has 1 atom stereocenters. The van der Waals surface area contributed by atoms with Gasteiger partial charge < -0.3 is 0 Å². The molecule has 0 heterocycles. The van der Waals surface area contributed by atoms with E-state index < -0.39 is 0 Å². The van der Waals surface area contributed by atoms with Crippen molar-refractivity contribution < 1.29 is 4.39 Å². The molecule has 2 aromatic carbocycles. The SMILES string of the molecule is Cc1ccc(F)c(C(Cc2ccc(Br)cc2)NN)c1. The standard InChI is InChI=1S/C15H16BrFN2/c1-10-2-7-14(17)13(8-10)15(19-18)9-11-3-5-12(16)6-4-11/h2-8,15,19H,9,18H2,1H3. The highest BCUT2D eigenvalue weighted by atomic mass is 79.9. The Labute approximate surface area is 120 Å². The number of nitrogens with two attached hydrogens (primary N) is 1. The summed E-state index contributed by atoms with van der Waals surface area (Å²) < 4.78 is 14.9. The fraction of sp³-hybridized carbons (Fsp3) is 0.200. The summed E-state index contributed by atoms with van der Waals surface area (Å²) in [5.41, 5.74) is 5.42. The molecular formula is C15H16BrFN2. The monoisotopic (exact) mass is 322 g/mol. The van der Waals surface area contributed by atoms with Gasteiger partial charge in [-0.1, -0.05) is 45.8 Å². The third-order valence-electron chi connectivity index (χ3n) is 3.08. The Balaban J connectivity index is 2.24. The zero-order chi connectivity index (χ0) is 13.8. The maximum atomic E-state index is 13.9. The Hall–Kier alpha value is -1.23.